The van der Waals surface area contributed by atoms with E-state index in [9.17, 15) is 0 Å². The standard InChI is InChI=1S/C10H22N/c1-4-5-6-7-8-9-10-11(2)3/h10H,4-9H2,1-3H3. The minimum atomic E-state index is 1.25. The van der Waals surface area contributed by atoms with Gasteiger partial charge in [0.1, 0.15) is 0 Å². The van der Waals surface area contributed by atoms with Gasteiger partial charge in [0.2, 0.25) is 0 Å². The van der Waals surface area contributed by atoms with Crippen LogP contribution >= 0.6 is 0 Å². The summed E-state index contributed by atoms with van der Waals surface area (Å²) in [7, 11) is 4.18. The van der Waals surface area contributed by atoms with Crippen LogP contribution in [0.2, 0.25) is 0 Å². The van der Waals surface area contributed by atoms with Gasteiger partial charge >= 0.3 is 0 Å². The fourth-order valence-electron chi connectivity index (χ4n) is 1.10. The van der Waals surface area contributed by atoms with Gasteiger partial charge < -0.3 is 4.90 Å². The largest absolute Gasteiger partial charge is 0.305 e. The molecule has 0 aromatic heterocycles. The average Bonchev–Trinajstić information content (AvgIpc) is 1.96. The number of nitrogens with zero attached hydrogens (tertiary/aromatic N) is 1. The molecule has 0 aromatic rings. The first kappa shape index (κ1) is 11.0. The Bertz CT molecular complexity index is 69.3. The van der Waals surface area contributed by atoms with Gasteiger partial charge in [-0.1, -0.05) is 39.0 Å². The van der Waals surface area contributed by atoms with Gasteiger partial charge in [0.15, 0.2) is 0 Å². The fraction of sp³-hybridized carbons (Fsp3) is 0.900. The third-order valence-electron chi connectivity index (χ3n) is 1.80. The maximum atomic E-state index is 2.26. The topological polar surface area (TPSA) is 3.24 Å². The van der Waals surface area contributed by atoms with Gasteiger partial charge in [0.25, 0.3) is 0 Å². The molecule has 1 radical (unpaired) electrons. The molecule has 0 heterocycles. The molecule has 0 atom stereocenters. The maximum Gasteiger partial charge on any atom is 0.0245 e. The molecule has 0 bridgehead atoms. The molecule has 67 valence electrons. The normalized spacial score (nSPS) is 10.9. The molecular weight excluding hydrogens is 134 g/mol. The Labute approximate surface area is 71.8 Å². The van der Waals surface area contributed by atoms with Crippen LogP contribution in [0.4, 0.5) is 0 Å². The van der Waals surface area contributed by atoms with Crippen LogP contribution in [0.5, 0.6) is 0 Å². The van der Waals surface area contributed by atoms with Crippen molar-refractivity contribution in [2.45, 2.75) is 45.4 Å². The fourth-order valence-corrected chi connectivity index (χ4v) is 1.10. The first-order valence-electron chi connectivity index (χ1n) is 4.77. The Morgan fingerprint density at radius 1 is 1.00 bits per heavy atom. The van der Waals surface area contributed by atoms with Crippen molar-refractivity contribution in [2.75, 3.05) is 14.1 Å². The van der Waals surface area contributed by atoms with E-state index in [1.54, 1.807) is 0 Å². The van der Waals surface area contributed by atoms with E-state index < -0.39 is 0 Å². The summed E-state index contributed by atoms with van der Waals surface area (Å²) in [6.45, 7) is 4.51. The van der Waals surface area contributed by atoms with Crippen LogP contribution < -0.4 is 0 Å². The number of hydrogen-bond donors (Lipinski definition) is 0. The van der Waals surface area contributed by atoms with E-state index in [1.807, 2.05) is 0 Å². The average molecular weight is 156 g/mol. The molecule has 0 aliphatic carbocycles. The minimum Gasteiger partial charge on any atom is -0.305 e. The molecule has 1 nitrogen and oxygen atoms in total. The molecule has 0 saturated carbocycles. The first-order chi connectivity index (χ1) is 5.27. The van der Waals surface area contributed by atoms with E-state index in [0.29, 0.717) is 0 Å². The van der Waals surface area contributed by atoms with Crippen molar-refractivity contribution in [3.8, 4) is 0 Å². The van der Waals surface area contributed by atoms with Crippen molar-refractivity contribution in [1.29, 1.82) is 0 Å². The molecule has 0 spiro atoms. The molecule has 0 N–H and O–H groups in total. The molecule has 0 amide bonds. The van der Waals surface area contributed by atoms with E-state index in [-0.39, 0.29) is 0 Å². The van der Waals surface area contributed by atoms with E-state index in [0.717, 1.165) is 0 Å². The Kier molecular flexibility index (Phi) is 8.03. The van der Waals surface area contributed by atoms with Crippen LogP contribution in [-0.4, -0.2) is 19.0 Å². The third-order valence-corrected chi connectivity index (χ3v) is 1.80. The number of rotatable bonds is 7. The molecule has 0 aromatic carbocycles. The molecule has 0 rings (SSSR count). The predicted molar refractivity (Wildman–Crippen MR) is 51.4 cm³/mol. The van der Waals surface area contributed by atoms with E-state index in [1.165, 1.54) is 38.5 Å². The SMILES string of the molecule is CCCCCCC[CH]N(C)C. The van der Waals surface area contributed by atoms with Gasteiger partial charge in [-0.3, -0.25) is 0 Å². The van der Waals surface area contributed by atoms with Crippen LogP contribution in [0.15, 0.2) is 0 Å². The molecule has 0 saturated heterocycles. The van der Waals surface area contributed by atoms with Crippen LogP contribution in [-0.2, 0) is 0 Å². The third kappa shape index (κ3) is 9.96. The number of hydrogen-bond acceptors (Lipinski definition) is 1. The Balaban J connectivity index is 2.80. The molecule has 0 aliphatic rings. The molecular formula is C10H22N. The summed E-state index contributed by atoms with van der Waals surface area (Å²) in [5.74, 6) is 0. The van der Waals surface area contributed by atoms with Gasteiger partial charge in [0, 0.05) is 6.54 Å². The highest BCUT2D eigenvalue weighted by atomic mass is 15.0. The van der Waals surface area contributed by atoms with Crippen LogP contribution in [0.3, 0.4) is 0 Å². The number of unbranched alkanes of at least 4 members (excludes halogenated alkanes) is 5. The van der Waals surface area contributed by atoms with E-state index in [4.69, 9.17) is 0 Å². The van der Waals surface area contributed by atoms with E-state index in [2.05, 4.69) is 32.5 Å². The summed E-state index contributed by atoms with van der Waals surface area (Å²) in [5, 5.41) is 0. The molecule has 0 fully saturated rings. The lowest BCUT2D eigenvalue weighted by Gasteiger charge is -2.07. The second-order valence-corrected chi connectivity index (χ2v) is 3.35. The lowest BCUT2D eigenvalue weighted by atomic mass is 10.1. The quantitative estimate of drug-likeness (QED) is 0.512. The van der Waals surface area contributed by atoms with Crippen LogP contribution in [0.25, 0.3) is 0 Å². The molecule has 1 heteroatoms. The minimum absolute atomic E-state index is 1.25. The highest BCUT2D eigenvalue weighted by molar-refractivity contribution is 4.59. The molecule has 11 heavy (non-hydrogen) atoms. The zero-order valence-corrected chi connectivity index (χ0v) is 8.27. The summed E-state index contributed by atoms with van der Waals surface area (Å²) in [6.07, 6.45) is 8.17. The zero-order chi connectivity index (χ0) is 8.53. The zero-order valence-electron chi connectivity index (χ0n) is 8.27. The van der Waals surface area contributed by atoms with Gasteiger partial charge in [-0.05, 0) is 20.5 Å². The smallest absolute Gasteiger partial charge is 0.0245 e. The van der Waals surface area contributed by atoms with Gasteiger partial charge in [-0.15, -0.1) is 0 Å². The lowest BCUT2D eigenvalue weighted by molar-refractivity contribution is 0.462. The highest BCUT2D eigenvalue weighted by Crippen LogP contribution is 2.06. The summed E-state index contributed by atoms with van der Waals surface area (Å²) in [6, 6.07) is 0. The van der Waals surface area contributed by atoms with Gasteiger partial charge in [-0.25, -0.2) is 0 Å². The summed E-state index contributed by atoms with van der Waals surface area (Å²) in [4.78, 5) is 2.14. The lowest BCUT2D eigenvalue weighted by Crippen LogP contribution is -2.06. The maximum absolute atomic E-state index is 2.26. The Morgan fingerprint density at radius 2 is 1.64 bits per heavy atom. The van der Waals surface area contributed by atoms with Crippen molar-refractivity contribution >= 4 is 0 Å². The molecule has 0 aliphatic heterocycles. The predicted octanol–water partition coefficient (Wildman–Crippen LogP) is 3.07. The monoisotopic (exact) mass is 156 g/mol. The van der Waals surface area contributed by atoms with Crippen molar-refractivity contribution in [2.24, 2.45) is 0 Å². The second-order valence-electron chi connectivity index (χ2n) is 3.35. The Morgan fingerprint density at radius 3 is 2.18 bits per heavy atom. The van der Waals surface area contributed by atoms with Crippen molar-refractivity contribution < 1.29 is 0 Å². The molecule has 0 unspecified atom stereocenters. The Hall–Kier alpha value is -0.0400. The van der Waals surface area contributed by atoms with Crippen molar-refractivity contribution in [1.82, 2.24) is 4.90 Å². The summed E-state index contributed by atoms with van der Waals surface area (Å²) >= 11 is 0. The summed E-state index contributed by atoms with van der Waals surface area (Å²) in [5.41, 5.74) is 0. The summed E-state index contributed by atoms with van der Waals surface area (Å²) < 4.78 is 0. The first-order valence-corrected chi connectivity index (χ1v) is 4.77. The van der Waals surface area contributed by atoms with Crippen molar-refractivity contribution in [3.05, 3.63) is 6.54 Å². The van der Waals surface area contributed by atoms with Crippen molar-refractivity contribution in [3.63, 3.8) is 0 Å². The van der Waals surface area contributed by atoms with Gasteiger partial charge in [-0.2, -0.15) is 0 Å². The van der Waals surface area contributed by atoms with Crippen LogP contribution in [0.1, 0.15) is 45.4 Å². The highest BCUT2D eigenvalue weighted by Gasteiger charge is 1.91. The van der Waals surface area contributed by atoms with Gasteiger partial charge in [0.05, 0.1) is 0 Å². The second kappa shape index (κ2) is 8.06. The van der Waals surface area contributed by atoms with Crippen LogP contribution in [0, 0.1) is 6.54 Å². The van der Waals surface area contributed by atoms with E-state index >= 15 is 0 Å².